The summed E-state index contributed by atoms with van der Waals surface area (Å²) in [5.74, 6) is 0.263. The zero-order valence-electron chi connectivity index (χ0n) is 6.69. The van der Waals surface area contributed by atoms with Crippen LogP contribution in [0.4, 0.5) is 0 Å². The van der Waals surface area contributed by atoms with Crippen LogP contribution in [0, 0.1) is 5.92 Å². The first-order valence-electron chi connectivity index (χ1n) is 3.64. The average Bonchev–Trinajstić information content (AvgIpc) is 2.39. The summed E-state index contributed by atoms with van der Waals surface area (Å²) in [5.41, 5.74) is 0.975. The highest BCUT2D eigenvalue weighted by Crippen LogP contribution is 2.10. The Bertz CT molecular complexity index is 198. The van der Waals surface area contributed by atoms with Crippen LogP contribution in [0.2, 0.25) is 0 Å². The van der Waals surface area contributed by atoms with Gasteiger partial charge < -0.3 is 5.11 Å². The van der Waals surface area contributed by atoms with Gasteiger partial charge in [0.2, 0.25) is 0 Å². The molecule has 1 rings (SSSR count). The van der Waals surface area contributed by atoms with E-state index in [4.69, 9.17) is 0 Å². The maximum absolute atomic E-state index is 9.17. The maximum atomic E-state index is 9.17. The van der Waals surface area contributed by atoms with Crippen LogP contribution in [0.1, 0.15) is 19.5 Å². The van der Waals surface area contributed by atoms with E-state index in [1.807, 2.05) is 12.3 Å². The predicted molar refractivity (Wildman–Crippen MR) is 44.5 cm³/mol. The summed E-state index contributed by atoms with van der Waals surface area (Å²) in [7, 11) is 0. The maximum Gasteiger partial charge on any atom is 0.0759 e. The third-order valence-electron chi connectivity index (χ3n) is 1.76. The minimum atomic E-state index is -0.267. The fraction of sp³-hybridized carbons (Fsp3) is 0.714. The van der Waals surface area contributed by atoms with Gasteiger partial charge in [-0.05, 0) is 30.8 Å². The molecule has 0 aliphatic rings. The third-order valence-corrected chi connectivity index (χ3v) is 2.31. The Morgan fingerprint density at radius 3 is 2.82 bits per heavy atom. The molecule has 0 amide bonds. The molecule has 0 spiro atoms. The minimum absolute atomic E-state index is 0.263. The summed E-state index contributed by atoms with van der Waals surface area (Å²) in [6.07, 6.45) is 0.547. The van der Waals surface area contributed by atoms with Gasteiger partial charge in [-0.25, -0.2) is 0 Å². The molecule has 1 aromatic heterocycles. The molecular weight excluding hydrogens is 160 g/mol. The van der Waals surface area contributed by atoms with Crippen molar-refractivity contribution in [1.29, 1.82) is 0 Å². The van der Waals surface area contributed by atoms with Crippen LogP contribution in [0.15, 0.2) is 5.38 Å². The molecule has 1 heterocycles. The van der Waals surface area contributed by atoms with Crippen molar-refractivity contribution in [3.63, 3.8) is 0 Å². The van der Waals surface area contributed by atoms with Gasteiger partial charge in [-0.2, -0.15) is 0 Å². The zero-order chi connectivity index (χ0) is 8.27. The Morgan fingerprint density at radius 1 is 1.64 bits per heavy atom. The molecule has 2 unspecified atom stereocenters. The first-order chi connectivity index (χ1) is 5.20. The van der Waals surface area contributed by atoms with Crippen molar-refractivity contribution in [3.05, 3.63) is 11.1 Å². The summed E-state index contributed by atoms with van der Waals surface area (Å²) in [4.78, 5) is 0. The van der Waals surface area contributed by atoms with Gasteiger partial charge in [0.05, 0.1) is 11.8 Å². The molecule has 0 bridgehead atoms. The Kier molecular flexibility index (Phi) is 2.96. The van der Waals surface area contributed by atoms with E-state index < -0.39 is 0 Å². The number of hydrogen-bond acceptors (Lipinski definition) is 4. The van der Waals surface area contributed by atoms with Crippen LogP contribution in [0.3, 0.4) is 0 Å². The van der Waals surface area contributed by atoms with Crippen molar-refractivity contribution in [1.82, 2.24) is 9.59 Å². The molecule has 1 aromatic rings. The molecule has 11 heavy (non-hydrogen) atoms. The monoisotopic (exact) mass is 172 g/mol. The summed E-state index contributed by atoms with van der Waals surface area (Å²) in [6, 6.07) is 0. The molecule has 0 aliphatic heterocycles. The Balaban J connectivity index is 2.43. The van der Waals surface area contributed by atoms with E-state index in [2.05, 4.69) is 9.59 Å². The largest absolute Gasteiger partial charge is 0.393 e. The van der Waals surface area contributed by atoms with Crippen molar-refractivity contribution >= 4 is 11.5 Å². The lowest BCUT2D eigenvalue weighted by Crippen LogP contribution is -2.15. The molecule has 4 heteroatoms. The van der Waals surface area contributed by atoms with E-state index in [1.54, 1.807) is 6.92 Å². The first-order valence-corrected chi connectivity index (χ1v) is 4.48. The minimum Gasteiger partial charge on any atom is -0.393 e. The quantitative estimate of drug-likeness (QED) is 0.742. The van der Waals surface area contributed by atoms with E-state index in [0.29, 0.717) is 0 Å². The van der Waals surface area contributed by atoms with Crippen molar-refractivity contribution in [2.45, 2.75) is 26.4 Å². The highest BCUT2D eigenvalue weighted by atomic mass is 32.1. The van der Waals surface area contributed by atoms with E-state index >= 15 is 0 Å². The van der Waals surface area contributed by atoms with Crippen LogP contribution < -0.4 is 0 Å². The number of aromatic nitrogens is 2. The molecule has 1 N–H and O–H groups in total. The molecule has 3 nitrogen and oxygen atoms in total. The van der Waals surface area contributed by atoms with E-state index in [9.17, 15) is 5.11 Å². The molecule has 0 saturated heterocycles. The van der Waals surface area contributed by atoms with E-state index in [-0.39, 0.29) is 12.0 Å². The van der Waals surface area contributed by atoms with Crippen LogP contribution in [0.25, 0.3) is 0 Å². The first kappa shape index (κ1) is 8.62. The van der Waals surface area contributed by atoms with Gasteiger partial charge in [-0.3, -0.25) is 0 Å². The second-order valence-electron chi connectivity index (χ2n) is 2.82. The molecule has 2 atom stereocenters. The number of aliphatic hydroxyl groups excluding tert-OH is 1. The summed E-state index contributed by atoms with van der Waals surface area (Å²) < 4.78 is 3.74. The highest BCUT2D eigenvalue weighted by Gasteiger charge is 2.10. The van der Waals surface area contributed by atoms with Gasteiger partial charge in [0.1, 0.15) is 0 Å². The molecule has 0 radical (unpaired) electrons. The lowest BCUT2D eigenvalue weighted by Gasteiger charge is -2.11. The second kappa shape index (κ2) is 3.78. The smallest absolute Gasteiger partial charge is 0.0759 e. The van der Waals surface area contributed by atoms with Gasteiger partial charge >= 0.3 is 0 Å². The fourth-order valence-corrected chi connectivity index (χ4v) is 1.24. The summed E-state index contributed by atoms with van der Waals surface area (Å²) in [5, 5.41) is 15.0. The number of nitrogens with zero attached hydrogens (tertiary/aromatic N) is 2. The van der Waals surface area contributed by atoms with Crippen LogP contribution in [-0.2, 0) is 6.42 Å². The Labute approximate surface area is 70.2 Å². The SMILES string of the molecule is CC(O)C(C)Cc1csnn1. The van der Waals surface area contributed by atoms with Crippen molar-refractivity contribution in [3.8, 4) is 0 Å². The Morgan fingerprint density at radius 2 is 2.36 bits per heavy atom. The van der Waals surface area contributed by atoms with Crippen LogP contribution >= 0.6 is 11.5 Å². The van der Waals surface area contributed by atoms with Gasteiger partial charge in [0.15, 0.2) is 0 Å². The molecule has 0 fully saturated rings. The number of aliphatic hydroxyl groups is 1. The normalized spacial score (nSPS) is 16.3. The van der Waals surface area contributed by atoms with Gasteiger partial charge in [0.25, 0.3) is 0 Å². The zero-order valence-corrected chi connectivity index (χ0v) is 7.51. The molecule has 0 saturated carbocycles. The van der Waals surface area contributed by atoms with Gasteiger partial charge in [0, 0.05) is 5.38 Å². The van der Waals surface area contributed by atoms with E-state index in [1.165, 1.54) is 11.5 Å². The van der Waals surface area contributed by atoms with Gasteiger partial charge in [-0.1, -0.05) is 11.4 Å². The Hall–Kier alpha value is -0.480. The molecule has 62 valence electrons. The standard InChI is InChI=1S/C7H12N2OS/c1-5(6(2)10)3-7-4-11-9-8-7/h4-6,10H,3H2,1-2H3. The lowest BCUT2D eigenvalue weighted by atomic mass is 10.0. The van der Waals surface area contributed by atoms with Crippen molar-refractivity contribution in [2.75, 3.05) is 0 Å². The summed E-state index contributed by atoms with van der Waals surface area (Å²) >= 11 is 1.35. The van der Waals surface area contributed by atoms with Crippen LogP contribution in [0.5, 0.6) is 0 Å². The van der Waals surface area contributed by atoms with E-state index in [0.717, 1.165) is 12.1 Å². The second-order valence-corrected chi connectivity index (χ2v) is 3.43. The van der Waals surface area contributed by atoms with Crippen molar-refractivity contribution in [2.24, 2.45) is 5.92 Å². The number of hydrogen-bond donors (Lipinski definition) is 1. The highest BCUT2D eigenvalue weighted by molar-refractivity contribution is 7.03. The molecule has 0 aromatic carbocycles. The predicted octanol–water partition coefficient (Wildman–Crippen LogP) is 1.10. The number of rotatable bonds is 3. The van der Waals surface area contributed by atoms with Crippen LogP contribution in [-0.4, -0.2) is 20.8 Å². The topological polar surface area (TPSA) is 46.0 Å². The average molecular weight is 172 g/mol. The lowest BCUT2D eigenvalue weighted by molar-refractivity contribution is 0.134. The van der Waals surface area contributed by atoms with Crippen molar-refractivity contribution < 1.29 is 5.11 Å². The fourth-order valence-electron chi connectivity index (χ4n) is 0.773. The third kappa shape index (κ3) is 2.55. The van der Waals surface area contributed by atoms with Gasteiger partial charge in [-0.15, -0.1) is 5.10 Å². The molecule has 0 aliphatic carbocycles. The molecular formula is C7H12N2OS. The summed E-state index contributed by atoms with van der Waals surface area (Å²) in [6.45, 7) is 3.80.